The van der Waals surface area contributed by atoms with Crippen LogP contribution in [0, 0.1) is 0 Å². The van der Waals surface area contributed by atoms with Gasteiger partial charge in [0.25, 0.3) is 0 Å². The van der Waals surface area contributed by atoms with Crippen LogP contribution in [0.25, 0.3) is 0 Å². The predicted octanol–water partition coefficient (Wildman–Crippen LogP) is -0.633. The van der Waals surface area contributed by atoms with E-state index in [9.17, 15) is 22.6 Å². The van der Waals surface area contributed by atoms with Crippen molar-refractivity contribution in [1.82, 2.24) is 5.32 Å². The first kappa shape index (κ1) is 25.1. The van der Waals surface area contributed by atoms with E-state index in [0.717, 1.165) is 31.4 Å². The van der Waals surface area contributed by atoms with Gasteiger partial charge in [0, 0.05) is 6.42 Å². The van der Waals surface area contributed by atoms with Crippen LogP contribution in [-0.4, -0.2) is 31.4 Å². The summed E-state index contributed by atoms with van der Waals surface area (Å²) in [4.78, 5) is 22.9. The third-order valence-corrected chi connectivity index (χ3v) is 4.38. The van der Waals surface area contributed by atoms with Crippen LogP contribution in [0.2, 0.25) is 0 Å². The van der Waals surface area contributed by atoms with Crippen LogP contribution in [0.4, 0.5) is 0 Å². The number of carbonyl (C=O) groups is 2. The molecule has 0 unspecified atom stereocenters. The molecule has 7 nitrogen and oxygen atoms in total. The van der Waals surface area contributed by atoms with Crippen molar-refractivity contribution in [3.63, 3.8) is 0 Å². The van der Waals surface area contributed by atoms with Crippen LogP contribution in [0.3, 0.4) is 0 Å². The number of nitrogens with one attached hydrogen (secondary N) is 1. The summed E-state index contributed by atoms with van der Waals surface area (Å²) in [6, 6.07) is 4.53. The Morgan fingerprint density at radius 1 is 1.04 bits per heavy atom. The zero-order valence-electron chi connectivity index (χ0n) is 15.3. The number of carbonyl (C=O) groups excluding carboxylic acids is 2. The summed E-state index contributed by atoms with van der Waals surface area (Å²) < 4.78 is 37.3. The van der Waals surface area contributed by atoms with Gasteiger partial charge in [-0.25, -0.2) is 13.2 Å². The van der Waals surface area contributed by atoms with Gasteiger partial charge in [0.2, 0.25) is 5.91 Å². The van der Waals surface area contributed by atoms with Crippen LogP contribution >= 0.6 is 0 Å². The van der Waals surface area contributed by atoms with Crippen molar-refractivity contribution in [2.24, 2.45) is 0 Å². The van der Waals surface area contributed by atoms with Gasteiger partial charge < -0.3 is 14.6 Å². The molecule has 0 bridgehead atoms. The second-order valence-corrected chi connectivity index (χ2v) is 7.07. The van der Waals surface area contributed by atoms with Crippen LogP contribution in [0.1, 0.15) is 51.9 Å². The summed E-state index contributed by atoms with van der Waals surface area (Å²) in [5.74, 6) is -0.781. The summed E-state index contributed by atoms with van der Waals surface area (Å²) in [7, 11) is -4.53. The standard InChI is InChI=1S/C17H25NO6S.Na/c1-2-3-4-5-6-7-8-16(19)18-13-17(20)24-14-9-11-15(12-10-14)25(21,22)23;/h9-12H,2-8,13H2,1H3,(H,18,19)(H,21,22,23);/q;+1/p-1. The Balaban J connectivity index is 0.00000625. The van der Waals surface area contributed by atoms with Gasteiger partial charge in [-0.3, -0.25) is 4.79 Å². The second kappa shape index (κ2) is 13.3. The van der Waals surface area contributed by atoms with Crippen molar-refractivity contribution in [2.45, 2.75) is 56.8 Å². The maximum Gasteiger partial charge on any atom is 1.00 e. The Labute approximate surface area is 176 Å². The number of esters is 1. The molecule has 1 rings (SSSR count). The number of hydrogen-bond acceptors (Lipinski definition) is 6. The summed E-state index contributed by atoms with van der Waals surface area (Å²) in [5, 5.41) is 2.48. The van der Waals surface area contributed by atoms with E-state index < -0.39 is 21.0 Å². The van der Waals surface area contributed by atoms with Crippen molar-refractivity contribution in [3.8, 4) is 5.75 Å². The zero-order chi connectivity index (χ0) is 18.7. The Hall–Kier alpha value is -0.930. The maximum absolute atomic E-state index is 11.6. The molecule has 9 heteroatoms. The number of benzene rings is 1. The fourth-order valence-electron chi connectivity index (χ4n) is 2.17. The topological polar surface area (TPSA) is 113 Å². The second-order valence-electron chi connectivity index (χ2n) is 5.69. The molecule has 0 aliphatic rings. The van der Waals surface area contributed by atoms with E-state index >= 15 is 0 Å². The van der Waals surface area contributed by atoms with Crippen molar-refractivity contribution in [2.75, 3.05) is 6.54 Å². The van der Waals surface area contributed by atoms with Crippen LogP contribution in [0.15, 0.2) is 29.2 Å². The molecule has 0 aliphatic heterocycles. The average Bonchev–Trinajstić information content (AvgIpc) is 2.56. The molecule has 26 heavy (non-hydrogen) atoms. The van der Waals surface area contributed by atoms with Crippen molar-refractivity contribution < 1.29 is 56.9 Å². The number of ether oxygens (including phenoxy) is 1. The molecule has 0 atom stereocenters. The Morgan fingerprint density at radius 3 is 2.19 bits per heavy atom. The molecule has 140 valence electrons. The van der Waals surface area contributed by atoms with E-state index in [0.29, 0.717) is 6.42 Å². The number of hydrogen-bond donors (Lipinski definition) is 1. The van der Waals surface area contributed by atoms with E-state index in [-0.39, 0.29) is 47.8 Å². The van der Waals surface area contributed by atoms with E-state index in [1.807, 2.05) is 0 Å². The van der Waals surface area contributed by atoms with Gasteiger partial charge in [0.05, 0.1) is 4.90 Å². The molecule has 0 heterocycles. The summed E-state index contributed by atoms with van der Waals surface area (Å²) in [5.41, 5.74) is 0. The zero-order valence-corrected chi connectivity index (χ0v) is 18.1. The first-order chi connectivity index (χ1) is 11.8. The summed E-state index contributed by atoms with van der Waals surface area (Å²) in [6.45, 7) is 1.88. The fourth-order valence-corrected chi connectivity index (χ4v) is 2.64. The molecule has 1 N–H and O–H groups in total. The van der Waals surface area contributed by atoms with Crippen molar-refractivity contribution in [1.29, 1.82) is 0 Å². The number of unbranched alkanes of at least 4 members (excludes halogenated alkanes) is 5. The molecule has 0 saturated carbocycles. The number of rotatable bonds is 11. The van der Waals surface area contributed by atoms with Gasteiger partial charge in [-0.1, -0.05) is 39.0 Å². The van der Waals surface area contributed by atoms with Crippen LogP contribution in [-0.2, 0) is 19.7 Å². The SMILES string of the molecule is CCCCCCCCC(=O)NCC(=O)Oc1ccc(S(=O)(=O)[O-])cc1.[Na+]. The molecule has 1 aromatic carbocycles. The monoisotopic (exact) mass is 393 g/mol. The molecule has 1 amide bonds. The largest absolute Gasteiger partial charge is 1.00 e. The van der Waals surface area contributed by atoms with Gasteiger partial charge >= 0.3 is 35.5 Å². The normalized spacial score (nSPS) is 10.7. The molecule has 0 saturated heterocycles. The molecule has 0 spiro atoms. The van der Waals surface area contributed by atoms with Crippen LogP contribution in [0.5, 0.6) is 5.75 Å². The molecular formula is C17H24NNaO6S. The molecule has 1 aromatic rings. The van der Waals surface area contributed by atoms with Gasteiger partial charge in [-0.2, -0.15) is 0 Å². The van der Waals surface area contributed by atoms with E-state index in [2.05, 4.69) is 12.2 Å². The Kier molecular flexibility index (Phi) is 12.8. The van der Waals surface area contributed by atoms with Gasteiger partial charge in [0.1, 0.15) is 22.4 Å². The summed E-state index contributed by atoms with van der Waals surface area (Å²) >= 11 is 0. The van der Waals surface area contributed by atoms with E-state index in [1.165, 1.54) is 31.4 Å². The number of amides is 1. The molecule has 0 aromatic heterocycles. The molecule has 0 radical (unpaired) electrons. The first-order valence-electron chi connectivity index (χ1n) is 8.36. The average molecular weight is 393 g/mol. The van der Waals surface area contributed by atoms with Gasteiger partial charge in [0.15, 0.2) is 0 Å². The first-order valence-corrected chi connectivity index (χ1v) is 9.77. The minimum absolute atomic E-state index is 0. The third kappa shape index (κ3) is 10.9. The van der Waals surface area contributed by atoms with Crippen molar-refractivity contribution >= 4 is 22.0 Å². The molecule has 0 aliphatic carbocycles. The Morgan fingerprint density at radius 2 is 1.62 bits per heavy atom. The minimum atomic E-state index is -4.53. The minimum Gasteiger partial charge on any atom is -0.744 e. The van der Waals surface area contributed by atoms with Crippen LogP contribution < -0.4 is 39.6 Å². The van der Waals surface area contributed by atoms with Crippen molar-refractivity contribution in [3.05, 3.63) is 24.3 Å². The third-order valence-electron chi connectivity index (χ3n) is 3.53. The predicted molar refractivity (Wildman–Crippen MR) is 91.0 cm³/mol. The summed E-state index contributed by atoms with van der Waals surface area (Å²) in [6.07, 6.45) is 6.82. The maximum atomic E-state index is 11.6. The smallest absolute Gasteiger partial charge is 0.744 e. The molecule has 0 fully saturated rings. The molecular weight excluding hydrogens is 369 g/mol. The van der Waals surface area contributed by atoms with Gasteiger partial charge in [-0.15, -0.1) is 0 Å². The quantitative estimate of drug-likeness (QED) is 0.176. The van der Waals surface area contributed by atoms with E-state index in [1.54, 1.807) is 0 Å². The Bertz CT molecular complexity index is 660. The van der Waals surface area contributed by atoms with Gasteiger partial charge in [-0.05, 0) is 30.7 Å². The van der Waals surface area contributed by atoms with E-state index in [4.69, 9.17) is 4.74 Å². The fraction of sp³-hybridized carbons (Fsp3) is 0.529.